The first-order chi connectivity index (χ1) is 36.3. The van der Waals surface area contributed by atoms with Gasteiger partial charge in [0.15, 0.2) is 0 Å². The molecule has 0 saturated carbocycles. The Balaban J connectivity index is 0.00000672. The number of ether oxygens (including phenoxy) is 1. The molecule has 392 valence electrons. The molecule has 0 amide bonds. The zero-order chi connectivity index (χ0) is 53.4. The van der Waals surface area contributed by atoms with Crippen molar-refractivity contribution in [2.75, 3.05) is 9.80 Å². The van der Waals surface area contributed by atoms with Crippen LogP contribution in [0.25, 0.3) is 61.0 Å². The molecule has 0 unspecified atom stereocenters. The van der Waals surface area contributed by atoms with E-state index in [9.17, 15) is 4.39 Å². The molecule has 0 radical (unpaired) electrons. The van der Waals surface area contributed by atoms with Crippen LogP contribution >= 0.6 is 0 Å². The minimum atomic E-state index is -0.991. The first-order valence-corrected chi connectivity index (χ1v) is 26.0. The molecule has 0 saturated heterocycles. The maximum absolute atomic E-state index is 16.6. The van der Waals surface area contributed by atoms with Crippen LogP contribution in [0.5, 0.6) is 11.5 Å². The van der Waals surface area contributed by atoms with Gasteiger partial charge in [-0.2, -0.15) is 6.07 Å². The largest absolute Gasteiger partial charge is 0.509 e. The molecule has 0 spiro atoms. The van der Waals surface area contributed by atoms with Gasteiger partial charge in [-0.05, 0) is 104 Å². The van der Waals surface area contributed by atoms with E-state index in [0.29, 0.717) is 28.4 Å². The van der Waals surface area contributed by atoms with Crippen LogP contribution in [0.3, 0.4) is 0 Å². The Labute approximate surface area is 465 Å². The number of aromatic nitrogens is 2. The molecule has 1 aliphatic heterocycles. The third-order valence-electron chi connectivity index (χ3n) is 14.6. The zero-order valence-electron chi connectivity index (χ0n) is 45.0. The molecule has 0 N–H and O–H groups in total. The molecule has 3 heterocycles. The SMILES string of the molecule is CC(C)c1cc(-c2cc(C(C)(C)C)cc(-c3c(F)cc(F)cc3F)c2N2[CH-]N(c3[c-]c(Oc4[c-]c5c(cc4)c4ccccc4n5-c4cc(C(C)(C)C)ccn4)cc(-c4ccccc4)c3)c3ccccc32)cc(C(C)C)c1.[Pt]. The monoisotopic (exact) mass is 1200 g/mol. The normalized spacial score (nSPS) is 12.8. The van der Waals surface area contributed by atoms with Gasteiger partial charge in [-0.15, -0.1) is 53.6 Å². The summed E-state index contributed by atoms with van der Waals surface area (Å²) in [6, 6.07) is 58.1. The number of rotatable bonds is 10. The molecule has 11 rings (SSSR count). The molecule has 9 heteroatoms. The molecular formula is C68H60F3N4OPt-3. The summed E-state index contributed by atoms with van der Waals surface area (Å²) < 4.78 is 57.1. The molecule has 0 atom stereocenters. The molecule has 0 fully saturated rings. The number of nitrogens with zero attached hydrogens (tertiary/aromatic N) is 4. The predicted octanol–water partition coefficient (Wildman–Crippen LogP) is 19.2. The molecule has 0 aliphatic carbocycles. The van der Waals surface area contributed by atoms with Gasteiger partial charge in [-0.3, -0.25) is 0 Å². The Kier molecular flexibility index (Phi) is 14.1. The molecular weight excluding hydrogens is 1140 g/mol. The van der Waals surface area contributed by atoms with Crippen molar-refractivity contribution in [3.8, 4) is 50.7 Å². The van der Waals surface area contributed by atoms with E-state index in [1.54, 1.807) is 0 Å². The topological polar surface area (TPSA) is 33.5 Å². The first kappa shape index (κ1) is 53.0. The summed E-state index contributed by atoms with van der Waals surface area (Å²) in [4.78, 5) is 8.93. The van der Waals surface area contributed by atoms with Gasteiger partial charge in [-0.25, -0.2) is 18.2 Å². The maximum atomic E-state index is 16.6. The second-order valence-corrected chi connectivity index (χ2v) is 22.6. The number of para-hydroxylation sites is 3. The third-order valence-corrected chi connectivity index (χ3v) is 14.6. The van der Waals surface area contributed by atoms with Gasteiger partial charge in [-0.1, -0.05) is 154 Å². The van der Waals surface area contributed by atoms with Crippen molar-refractivity contribution in [2.45, 2.75) is 91.9 Å². The van der Waals surface area contributed by atoms with E-state index in [2.05, 4.69) is 159 Å². The summed E-state index contributed by atoms with van der Waals surface area (Å²) >= 11 is 0. The number of halogens is 3. The Hall–Kier alpha value is -7.41. The summed E-state index contributed by atoms with van der Waals surface area (Å²) in [6.45, 7) is 23.5. The number of anilines is 4. The summed E-state index contributed by atoms with van der Waals surface area (Å²) in [7, 11) is 0. The van der Waals surface area contributed by atoms with E-state index in [1.165, 1.54) is 5.56 Å². The second kappa shape index (κ2) is 20.5. The predicted molar refractivity (Wildman–Crippen MR) is 306 cm³/mol. The number of hydrogen-bond donors (Lipinski definition) is 0. The van der Waals surface area contributed by atoms with Gasteiger partial charge in [0.05, 0.1) is 5.56 Å². The fourth-order valence-electron chi connectivity index (χ4n) is 10.3. The Bertz CT molecular complexity index is 3820. The van der Waals surface area contributed by atoms with Gasteiger partial charge in [0, 0.05) is 84.6 Å². The summed E-state index contributed by atoms with van der Waals surface area (Å²) in [5.74, 6) is -0.847. The fourth-order valence-corrected chi connectivity index (χ4v) is 10.3. The van der Waals surface area contributed by atoms with Crippen LogP contribution in [0.2, 0.25) is 0 Å². The quantitative estimate of drug-likeness (QED) is 0.128. The molecule has 0 bridgehead atoms. The van der Waals surface area contributed by atoms with Crippen molar-refractivity contribution >= 4 is 44.6 Å². The van der Waals surface area contributed by atoms with Gasteiger partial charge >= 0.3 is 0 Å². The molecule has 10 aromatic rings. The van der Waals surface area contributed by atoms with Crippen LogP contribution in [0.15, 0.2) is 164 Å². The van der Waals surface area contributed by atoms with Crippen molar-refractivity contribution < 1.29 is 39.0 Å². The molecule has 5 nitrogen and oxygen atoms in total. The van der Waals surface area contributed by atoms with Gasteiger partial charge in [0.25, 0.3) is 0 Å². The Morgan fingerprint density at radius 2 is 1.17 bits per heavy atom. The summed E-state index contributed by atoms with van der Waals surface area (Å²) in [5, 5.41) is 2.09. The first-order valence-electron chi connectivity index (χ1n) is 26.0. The van der Waals surface area contributed by atoms with E-state index in [0.717, 1.165) is 90.1 Å². The van der Waals surface area contributed by atoms with E-state index in [4.69, 9.17) is 9.72 Å². The summed E-state index contributed by atoms with van der Waals surface area (Å²) in [5.41, 5.74) is 11.9. The molecule has 1 aliphatic rings. The van der Waals surface area contributed by atoms with Crippen LogP contribution in [-0.4, -0.2) is 9.55 Å². The van der Waals surface area contributed by atoms with Gasteiger partial charge < -0.3 is 19.1 Å². The van der Waals surface area contributed by atoms with Crippen molar-refractivity contribution in [3.63, 3.8) is 0 Å². The number of pyridine rings is 1. The van der Waals surface area contributed by atoms with Crippen molar-refractivity contribution in [2.24, 2.45) is 0 Å². The number of benzene rings is 8. The van der Waals surface area contributed by atoms with Crippen LogP contribution in [-0.2, 0) is 31.9 Å². The van der Waals surface area contributed by atoms with Crippen molar-refractivity contribution in [1.82, 2.24) is 9.55 Å². The zero-order valence-corrected chi connectivity index (χ0v) is 47.2. The molecule has 77 heavy (non-hydrogen) atoms. The minimum absolute atomic E-state index is 0. The van der Waals surface area contributed by atoms with Gasteiger partial charge in [0.2, 0.25) is 0 Å². The second-order valence-electron chi connectivity index (χ2n) is 22.6. The van der Waals surface area contributed by atoms with Gasteiger partial charge in [0.1, 0.15) is 23.3 Å². The average Bonchev–Trinajstić information content (AvgIpc) is 4.06. The van der Waals surface area contributed by atoms with Crippen LogP contribution in [0.1, 0.15) is 103 Å². The van der Waals surface area contributed by atoms with Crippen LogP contribution in [0, 0.1) is 36.3 Å². The Morgan fingerprint density at radius 3 is 1.83 bits per heavy atom. The minimum Gasteiger partial charge on any atom is -0.509 e. The van der Waals surface area contributed by atoms with E-state index in [-0.39, 0.29) is 43.9 Å². The number of hydrogen-bond acceptors (Lipinski definition) is 4. The van der Waals surface area contributed by atoms with Crippen molar-refractivity contribution in [3.05, 3.63) is 222 Å². The van der Waals surface area contributed by atoms with Crippen molar-refractivity contribution in [1.29, 1.82) is 0 Å². The van der Waals surface area contributed by atoms with Crippen LogP contribution < -0.4 is 14.5 Å². The fraction of sp³-hybridized carbons (Fsp3) is 0.206. The third kappa shape index (κ3) is 10.1. The Morgan fingerprint density at radius 1 is 0.545 bits per heavy atom. The van der Waals surface area contributed by atoms with E-state index in [1.807, 2.05) is 95.5 Å². The molecule has 8 aromatic carbocycles. The molecule has 2 aromatic heterocycles. The van der Waals surface area contributed by atoms with E-state index >= 15 is 8.78 Å². The standard InChI is InChI=1S/C68H60F3N4O.Pt/c1-41(2)44-28-45(42(3)4)30-47(29-44)56-33-49(68(8,9)10)34-57(65-58(70)36-50(69)37-59(65)71)66(56)74-40-73(61-22-16-17-23-62(61)74)51-31-46(43-18-12-11-13-19-43)32-53(38-51)76-52-24-25-55-54-20-14-15-21-60(54)75(63(55)39-52)64-35-48(26-27-72-64)67(5,6)7;/h11-37,40-42H,1-10H3;/q-3;. The van der Waals surface area contributed by atoms with Crippen LogP contribution in [0.4, 0.5) is 35.9 Å². The number of fused-ring (bicyclic) bond motifs is 4. The average molecular weight is 1200 g/mol. The van der Waals surface area contributed by atoms with E-state index < -0.39 is 22.9 Å². The maximum Gasteiger partial charge on any atom is 0.136 e. The smallest absolute Gasteiger partial charge is 0.136 e. The summed E-state index contributed by atoms with van der Waals surface area (Å²) in [6.07, 6.45) is 1.87.